The molecule has 0 saturated heterocycles. The fourth-order valence-electron chi connectivity index (χ4n) is 0.183. The van der Waals surface area contributed by atoms with Gasteiger partial charge in [0.1, 0.15) is 0 Å². The van der Waals surface area contributed by atoms with Crippen molar-refractivity contribution < 1.29 is 9.28 Å². The number of hydrogen-bond acceptors (Lipinski definition) is 0. The molecule has 0 radical (unpaired) electrons. The highest BCUT2D eigenvalue weighted by atomic mass is 19.2. The highest BCUT2D eigenvalue weighted by Gasteiger charge is 1.86. The van der Waals surface area contributed by atoms with Gasteiger partial charge in [-0.1, -0.05) is 0 Å². The van der Waals surface area contributed by atoms with E-state index in [0.717, 1.165) is 0 Å². The van der Waals surface area contributed by atoms with Crippen LogP contribution in [0.5, 0.6) is 0 Å². The van der Waals surface area contributed by atoms with Crippen LogP contribution in [0, 0.1) is 0 Å². The molecule has 1 nitrogen and oxygen atoms in total. The Bertz CT molecular complexity index is 58.6. The molecule has 0 unspecified atom stereocenters. The summed E-state index contributed by atoms with van der Waals surface area (Å²) in [6.45, 7) is 3.85. The van der Waals surface area contributed by atoms with Crippen LogP contribution in [0.25, 0.3) is 0 Å². The van der Waals surface area contributed by atoms with Crippen LogP contribution in [-0.4, -0.2) is 17.6 Å². The minimum Gasteiger partial charge on any atom is -0.0187 e. The lowest BCUT2D eigenvalue weighted by Gasteiger charge is -1.71. The average Bonchev–Trinajstić information content (AvgIpc) is 1.65. The predicted molar refractivity (Wildman–Crippen MR) is 23.6 cm³/mol. The monoisotopic (exact) mass is 90.1 g/mol. The lowest BCUT2D eigenvalue weighted by atomic mass is 10.7. The number of nitrogens with zero attached hydrogens (tertiary/aromatic N) is 1. The molecule has 0 amide bonds. The zero-order chi connectivity index (χ0) is 4.99. The summed E-state index contributed by atoms with van der Waals surface area (Å²) in [5.41, 5.74) is 0. The largest absolute Gasteiger partial charge is 0.186 e. The molecular formula is C4H9FN+. The van der Waals surface area contributed by atoms with Crippen molar-refractivity contribution in [3.05, 3.63) is 0 Å². The van der Waals surface area contributed by atoms with E-state index in [1.54, 1.807) is 13.8 Å². The van der Waals surface area contributed by atoms with Crippen molar-refractivity contribution in [1.29, 1.82) is 0 Å². The van der Waals surface area contributed by atoms with E-state index in [0.29, 0.717) is 11.3 Å². The fraction of sp³-hybridized carbons (Fsp3) is 0.750. The van der Waals surface area contributed by atoms with Gasteiger partial charge in [-0.05, 0) is 11.7 Å². The lowest BCUT2D eigenvalue weighted by Crippen LogP contribution is -1.96. The molecule has 0 atom stereocenters. The van der Waals surface area contributed by atoms with Gasteiger partial charge in [-0.15, -0.1) is 0 Å². The molecule has 0 aliphatic carbocycles. The molecule has 0 spiro atoms. The van der Waals surface area contributed by atoms with Crippen molar-refractivity contribution in [1.82, 2.24) is 0 Å². The third-order valence-corrected chi connectivity index (χ3v) is 0.582. The van der Waals surface area contributed by atoms with Crippen LogP contribution in [0.15, 0.2) is 0 Å². The molecule has 0 aliphatic rings. The average molecular weight is 90.1 g/mol. The molecule has 0 heterocycles. The molecule has 0 fully saturated rings. The summed E-state index contributed by atoms with van der Waals surface area (Å²) < 4.78 is 11.6. The first-order valence-corrected chi connectivity index (χ1v) is 2.03. The van der Waals surface area contributed by atoms with Gasteiger partial charge in [0.25, 0.3) is 0 Å². The van der Waals surface area contributed by atoms with Crippen LogP contribution >= 0.6 is 0 Å². The van der Waals surface area contributed by atoms with Gasteiger partial charge in [0.15, 0.2) is 12.8 Å². The van der Waals surface area contributed by atoms with Gasteiger partial charge in [-0.2, -0.15) is 0 Å². The highest BCUT2D eigenvalue weighted by Crippen LogP contribution is 1.67. The Morgan fingerprint density at radius 3 is 2.33 bits per heavy atom. The maximum atomic E-state index is 11.6. The second-order valence-electron chi connectivity index (χ2n) is 0.974. The molecule has 36 valence electrons. The zero-order valence-corrected chi connectivity index (χ0v) is 4.11. The minimum atomic E-state index is 0.441. The molecule has 2 heteroatoms. The maximum absolute atomic E-state index is 11.6. The third kappa shape index (κ3) is 1.88. The van der Waals surface area contributed by atoms with E-state index in [4.69, 9.17) is 0 Å². The highest BCUT2D eigenvalue weighted by molar-refractivity contribution is 5.46. The van der Waals surface area contributed by atoms with Crippen LogP contribution in [0.2, 0.25) is 0 Å². The fourth-order valence-corrected chi connectivity index (χ4v) is 0.183. The van der Waals surface area contributed by atoms with Gasteiger partial charge in [0.05, 0.1) is 4.48 Å². The summed E-state index contributed by atoms with van der Waals surface area (Å²) in [5, 5.41) is 0. The Labute approximate surface area is 37.0 Å². The first-order valence-electron chi connectivity index (χ1n) is 2.03. The maximum Gasteiger partial charge on any atom is 0.186 e. The summed E-state index contributed by atoms with van der Waals surface area (Å²) in [4.78, 5) is 0.625. The first kappa shape index (κ1) is 5.60. The number of hydrogen-bond donors (Lipinski definition) is 0. The van der Waals surface area contributed by atoms with Crippen LogP contribution < -0.4 is 0 Å². The number of halogens is 1. The molecule has 0 aromatic heterocycles. The minimum absolute atomic E-state index is 0.441. The Morgan fingerprint density at radius 2 is 2.33 bits per heavy atom. The molecule has 0 saturated carbocycles. The van der Waals surface area contributed by atoms with E-state index in [1.807, 2.05) is 0 Å². The Morgan fingerprint density at radius 1 is 1.83 bits per heavy atom. The van der Waals surface area contributed by atoms with E-state index >= 15 is 0 Å². The Balaban J connectivity index is 3.22. The molecule has 0 aliphatic heterocycles. The van der Waals surface area contributed by atoms with Crippen LogP contribution in [0.3, 0.4) is 0 Å². The molecule has 0 bridgehead atoms. The van der Waals surface area contributed by atoms with Gasteiger partial charge in [-0.25, -0.2) is 0 Å². The number of rotatable bonds is 1. The van der Waals surface area contributed by atoms with Gasteiger partial charge in [0.2, 0.25) is 0 Å². The van der Waals surface area contributed by atoms with Crippen LogP contribution in [0.1, 0.15) is 13.8 Å². The van der Waals surface area contributed by atoms with Crippen molar-refractivity contribution >= 4 is 6.21 Å². The van der Waals surface area contributed by atoms with Crippen molar-refractivity contribution in [2.75, 3.05) is 6.54 Å². The van der Waals surface area contributed by atoms with Gasteiger partial charge in [-0.3, -0.25) is 0 Å². The Hall–Kier alpha value is -0.400. The van der Waals surface area contributed by atoms with E-state index in [1.165, 1.54) is 6.21 Å². The van der Waals surface area contributed by atoms with E-state index in [9.17, 15) is 4.48 Å². The molecular weight excluding hydrogens is 81.0 g/mol. The molecule has 0 aromatic carbocycles. The van der Waals surface area contributed by atoms with Gasteiger partial charge in [0, 0.05) is 6.92 Å². The van der Waals surface area contributed by atoms with Gasteiger partial charge < -0.3 is 0 Å². The van der Waals surface area contributed by atoms with Gasteiger partial charge >= 0.3 is 0 Å². The summed E-state index contributed by atoms with van der Waals surface area (Å²) in [6.07, 6.45) is 1.39. The summed E-state index contributed by atoms with van der Waals surface area (Å²) >= 11 is 0. The topological polar surface area (TPSA) is 3.01 Å². The van der Waals surface area contributed by atoms with E-state index < -0.39 is 0 Å². The molecule has 0 aromatic rings. The van der Waals surface area contributed by atoms with E-state index in [-0.39, 0.29) is 0 Å². The zero-order valence-electron chi connectivity index (χ0n) is 4.11. The molecule has 6 heavy (non-hydrogen) atoms. The van der Waals surface area contributed by atoms with Crippen molar-refractivity contribution in [2.45, 2.75) is 13.8 Å². The lowest BCUT2D eigenvalue weighted by molar-refractivity contribution is -0.702. The smallest absolute Gasteiger partial charge is 0.0187 e. The van der Waals surface area contributed by atoms with E-state index in [2.05, 4.69) is 0 Å². The Kier molecular flexibility index (Phi) is 2.63. The van der Waals surface area contributed by atoms with Crippen LogP contribution in [-0.2, 0) is 0 Å². The standard InChI is InChI=1S/C4H9FN/c1-3-6(5)4-2/h3H,4H2,1-2H3/q+1. The molecule has 0 N–H and O–H groups in total. The summed E-state index contributed by atoms with van der Waals surface area (Å²) in [7, 11) is 0. The van der Waals surface area contributed by atoms with Crippen molar-refractivity contribution in [3.8, 4) is 0 Å². The quantitative estimate of drug-likeness (QED) is 0.333. The van der Waals surface area contributed by atoms with Crippen molar-refractivity contribution in [3.63, 3.8) is 0 Å². The predicted octanol–water partition coefficient (Wildman–Crippen LogP) is 0.994. The normalized spacial score (nSPS) is 12.2. The summed E-state index contributed by atoms with van der Waals surface area (Å²) in [6, 6.07) is 0. The van der Waals surface area contributed by atoms with Crippen LogP contribution in [0.4, 0.5) is 4.48 Å². The van der Waals surface area contributed by atoms with Crippen molar-refractivity contribution in [2.24, 2.45) is 0 Å². The summed E-state index contributed by atoms with van der Waals surface area (Å²) in [5.74, 6) is 0. The second-order valence-corrected chi connectivity index (χ2v) is 0.974. The second kappa shape index (κ2) is 2.82. The SMILES string of the molecule is CC=[N+](F)CC. The third-order valence-electron chi connectivity index (χ3n) is 0.582. The first-order chi connectivity index (χ1) is 2.81. The molecule has 0 rings (SSSR count).